The van der Waals surface area contributed by atoms with E-state index in [0.29, 0.717) is 23.6 Å². The van der Waals surface area contributed by atoms with E-state index in [1.54, 1.807) is 44.2 Å². The maximum absolute atomic E-state index is 13.0. The first kappa shape index (κ1) is 20.7. The molecular formula is C21H24F2N2O4. The Hall–Kier alpha value is -3.03. The summed E-state index contributed by atoms with van der Waals surface area (Å²) >= 11 is 0. The zero-order chi connectivity index (χ0) is 21.0. The van der Waals surface area contributed by atoms with Crippen LogP contribution in [-0.2, 0) is 0 Å². The highest BCUT2D eigenvalue weighted by molar-refractivity contribution is 5.92. The van der Waals surface area contributed by atoms with Crippen molar-refractivity contribution < 1.29 is 27.8 Å². The van der Waals surface area contributed by atoms with Gasteiger partial charge in [0.25, 0.3) is 0 Å². The van der Waals surface area contributed by atoms with E-state index in [1.807, 2.05) is 12.1 Å². The third-order valence-electron chi connectivity index (χ3n) is 5.00. The molecule has 6 nitrogen and oxygen atoms in total. The summed E-state index contributed by atoms with van der Waals surface area (Å²) in [6.07, 6.45) is 1.59. The van der Waals surface area contributed by atoms with Gasteiger partial charge >= 0.3 is 12.6 Å². The van der Waals surface area contributed by atoms with Crippen LogP contribution in [0.15, 0.2) is 36.4 Å². The molecule has 2 aromatic carbocycles. The molecule has 3 rings (SSSR count). The van der Waals surface area contributed by atoms with E-state index in [1.165, 1.54) is 6.07 Å². The van der Waals surface area contributed by atoms with Crippen LogP contribution in [0, 0.1) is 6.92 Å². The number of carbonyl (C=O) groups excluding carboxylic acids is 1. The summed E-state index contributed by atoms with van der Waals surface area (Å²) in [7, 11) is 3.14. The molecule has 0 aliphatic carbocycles. The predicted octanol–water partition coefficient (Wildman–Crippen LogP) is 4.98. The van der Waals surface area contributed by atoms with Crippen molar-refractivity contribution in [1.82, 2.24) is 4.90 Å². The van der Waals surface area contributed by atoms with Crippen molar-refractivity contribution in [2.75, 3.05) is 26.1 Å². The van der Waals surface area contributed by atoms with Crippen LogP contribution < -0.4 is 19.5 Å². The van der Waals surface area contributed by atoms with Gasteiger partial charge in [0.1, 0.15) is 17.2 Å². The SMILES string of the molecule is COc1ccc(C2CCCN2C(=O)Nc2c(C)cccc2OC(F)F)c(OC)c1. The molecule has 1 aliphatic rings. The van der Waals surface area contributed by atoms with Gasteiger partial charge in [0.05, 0.1) is 25.9 Å². The van der Waals surface area contributed by atoms with Crippen molar-refractivity contribution in [2.45, 2.75) is 32.4 Å². The molecule has 1 atom stereocenters. The number of amides is 2. The van der Waals surface area contributed by atoms with Crippen LogP contribution in [0.3, 0.4) is 0 Å². The number of methoxy groups -OCH3 is 2. The van der Waals surface area contributed by atoms with Gasteiger partial charge in [-0.25, -0.2) is 4.79 Å². The van der Waals surface area contributed by atoms with Gasteiger partial charge in [0.2, 0.25) is 0 Å². The molecule has 1 N–H and O–H groups in total. The number of ether oxygens (including phenoxy) is 3. The Balaban J connectivity index is 1.85. The molecule has 2 aromatic rings. The Morgan fingerprint density at radius 2 is 1.97 bits per heavy atom. The molecule has 1 unspecified atom stereocenters. The largest absolute Gasteiger partial charge is 0.497 e. The number of hydrogen-bond donors (Lipinski definition) is 1. The zero-order valence-electron chi connectivity index (χ0n) is 16.6. The predicted molar refractivity (Wildman–Crippen MR) is 105 cm³/mol. The lowest BCUT2D eigenvalue weighted by Crippen LogP contribution is -2.35. The van der Waals surface area contributed by atoms with Gasteiger partial charge in [-0.1, -0.05) is 12.1 Å². The summed E-state index contributed by atoms with van der Waals surface area (Å²) < 4.78 is 40.7. The van der Waals surface area contributed by atoms with Gasteiger partial charge < -0.3 is 24.4 Å². The van der Waals surface area contributed by atoms with Gasteiger partial charge in [-0.3, -0.25) is 0 Å². The molecular weight excluding hydrogens is 382 g/mol. The standard InChI is InChI=1S/C21H24F2N2O4/c1-13-6-4-8-17(29-20(22)23)19(13)24-21(26)25-11-5-7-16(25)15-10-9-14(27-2)12-18(15)28-3/h4,6,8-10,12,16,20H,5,7,11H2,1-3H3,(H,24,26). The molecule has 0 saturated carbocycles. The van der Waals surface area contributed by atoms with Crippen LogP contribution in [0.2, 0.25) is 0 Å². The molecule has 2 amide bonds. The number of benzene rings is 2. The lowest BCUT2D eigenvalue weighted by atomic mass is 10.0. The van der Waals surface area contributed by atoms with Gasteiger partial charge in [-0.2, -0.15) is 8.78 Å². The van der Waals surface area contributed by atoms with Crippen molar-refractivity contribution in [2.24, 2.45) is 0 Å². The minimum atomic E-state index is -2.98. The fourth-order valence-electron chi connectivity index (χ4n) is 3.60. The molecule has 29 heavy (non-hydrogen) atoms. The number of anilines is 1. The molecule has 1 saturated heterocycles. The average Bonchev–Trinajstić information content (AvgIpc) is 3.19. The summed E-state index contributed by atoms with van der Waals surface area (Å²) in [5.74, 6) is 1.23. The number of nitrogens with zero attached hydrogens (tertiary/aromatic N) is 1. The first-order valence-corrected chi connectivity index (χ1v) is 9.28. The Labute approximate surface area is 168 Å². The van der Waals surface area contributed by atoms with Crippen LogP contribution in [0.1, 0.15) is 30.0 Å². The number of hydrogen-bond acceptors (Lipinski definition) is 4. The number of aryl methyl sites for hydroxylation is 1. The summed E-state index contributed by atoms with van der Waals surface area (Å²) in [4.78, 5) is 14.7. The highest BCUT2D eigenvalue weighted by Gasteiger charge is 2.32. The van der Waals surface area contributed by atoms with Crippen LogP contribution >= 0.6 is 0 Å². The number of carbonyl (C=O) groups is 1. The number of likely N-dealkylation sites (tertiary alicyclic amines) is 1. The van der Waals surface area contributed by atoms with Gasteiger partial charge in [0.15, 0.2) is 0 Å². The number of alkyl halides is 2. The van der Waals surface area contributed by atoms with Crippen LogP contribution in [0.4, 0.5) is 19.3 Å². The van der Waals surface area contributed by atoms with Crippen molar-refractivity contribution in [3.05, 3.63) is 47.5 Å². The quantitative estimate of drug-likeness (QED) is 0.735. The zero-order valence-corrected chi connectivity index (χ0v) is 16.6. The van der Waals surface area contributed by atoms with Gasteiger partial charge in [-0.15, -0.1) is 0 Å². The van der Waals surface area contributed by atoms with Crippen molar-refractivity contribution >= 4 is 11.7 Å². The first-order chi connectivity index (χ1) is 13.9. The Bertz CT molecular complexity index is 876. The Morgan fingerprint density at radius 1 is 1.17 bits per heavy atom. The number of para-hydroxylation sites is 1. The average molecular weight is 406 g/mol. The van der Waals surface area contributed by atoms with E-state index in [9.17, 15) is 13.6 Å². The van der Waals surface area contributed by atoms with Gasteiger partial charge in [-0.05, 0) is 43.5 Å². The fourth-order valence-corrected chi connectivity index (χ4v) is 3.60. The smallest absolute Gasteiger partial charge is 0.387 e. The van der Waals surface area contributed by atoms with E-state index < -0.39 is 6.61 Å². The fraction of sp³-hybridized carbons (Fsp3) is 0.381. The highest BCUT2D eigenvalue weighted by Crippen LogP contribution is 2.39. The first-order valence-electron chi connectivity index (χ1n) is 9.28. The summed E-state index contributed by atoms with van der Waals surface area (Å²) in [5, 5.41) is 2.75. The second-order valence-electron chi connectivity index (χ2n) is 6.72. The summed E-state index contributed by atoms with van der Waals surface area (Å²) in [6.45, 7) is -0.708. The van der Waals surface area contributed by atoms with Crippen molar-refractivity contribution in [3.63, 3.8) is 0 Å². The molecule has 8 heteroatoms. The van der Waals surface area contributed by atoms with E-state index in [4.69, 9.17) is 9.47 Å². The summed E-state index contributed by atoms with van der Waals surface area (Å²) in [6, 6.07) is 9.64. The molecule has 1 heterocycles. The minimum Gasteiger partial charge on any atom is -0.497 e. The number of rotatable bonds is 6. The van der Waals surface area contributed by atoms with Crippen LogP contribution in [-0.4, -0.2) is 38.3 Å². The van der Waals surface area contributed by atoms with Crippen LogP contribution in [0.25, 0.3) is 0 Å². The second kappa shape index (κ2) is 8.98. The van der Waals surface area contributed by atoms with Crippen molar-refractivity contribution in [1.29, 1.82) is 0 Å². The molecule has 156 valence electrons. The minimum absolute atomic E-state index is 0.0638. The van der Waals surface area contributed by atoms with E-state index >= 15 is 0 Å². The lowest BCUT2D eigenvalue weighted by molar-refractivity contribution is -0.0493. The molecule has 0 spiro atoms. The maximum atomic E-state index is 13.0. The van der Waals surface area contributed by atoms with E-state index in [-0.39, 0.29) is 23.5 Å². The maximum Gasteiger partial charge on any atom is 0.387 e. The Morgan fingerprint density at radius 3 is 2.66 bits per heavy atom. The molecule has 0 bridgehead atoms. The highest BCUT2D eigenvalue weighted by atomic mass is 19.3. The normalized spacial score (nSPS) is 16.1. The number of nitrogens with one attached hydrogen (secondary N) is 1. The third-order valence-corrected chi connectivity index (χ3v) is 5.00. The van der Waals surface area contributed by atoms with E-state index in [0.717, 1.165) is 18.4 Å². The van der Waals surface area contributed by atoms with Crippen LogP contribution in [0.5, 0.6) is 17.2 Å². The monoisotopic (exact) mass is 406 g/mol. The second-order valence-corrected chi connectivity index (χ2v) is 6.72. The Kier molecular flexibility index (Phi) is 6.41. The molecule has 1 fully saturated rings. The molecule has 0 radical (unpaired) electrons. The lowest BCUT2D eigenvalue weighted by Gasteiger charge is -2.27. The third kappa shape index (κ3) is 4.52. The molecule has 0 aromatic heterocycles. The topological polar surface area (TPSA) is 60.0 Å². The molecule has 1 aliphatic heterocycles. The number of urea groups is 1. The summed E-state index contributed by atoms with van der Waals surface area (Å²) in [5.41, 5.74) is 1.74. The van der Waals surface area contributed by atoms with E-state index in [2.05, 4.69) is 10.1 Å². The number of halogens is 2. The van der Waals surface area contributed by atoms with Gasteiger partial charge in [0, 0.05) is 18.2 Å². The van der Waals surface area contributed by atoms with Crippen molar-refractivity contribution in [3.8, 4) is 17.2 Å².